The van der Waals surface area contributed by atoms with E-state index in [0.717, 1.165) is 0 Å². The lowest BCUT2D eigenvalue weighted by Crippen LogP contribution is -2.17. The zero-order valence-corrected chi connectivity index (χ0v) is 12.0. The standard InChI is InChI=1S/C14H14N4O4/c1-17(2)13-8-7-12(22-13)9-15-16-14(19)10-3-5-11(6-4-10)18(20)21/h3-9H,1-2H3,(H,16,19)/b15-9-. The fourth-order valence-electron chi connectivity index (χ4n) is 1.61. The van der Waals surface area contributed by atoms with Crippen molar-refractivity contribution in [3.8, 4) is 0 Å². The van der Waals surface area contributed by atoms with Crippen LogP contribution in [0.2, 0.25) is 0 Å². The molecule has 0 spiro atoms. The smallest absolute Gasteiger partial charge is 0.271 e. The third-order valence-electron chi connectivity index (χ3n) is 2.75. The van der Waals surface area contributed by atoms with Gasteiger partial charge in [-0.15, -0.1) is 0 Å². The van der Waals surface area contributed by atoms with E-state index in [1.165, 1.54) is 30.5 Å². The molecule has 22 heavy (non-hydrogen) atoms. The van der Waals surface area contributed by atoms with Crippen molar-refractivity contribution in [2.24, 2.45) is 5.10 Å². The van der Waals surface area contributed by atoms with Crippen molar-refractivity contribution >= 4 is 23.7 Å². The van der Waals surface area contributed by atoms with E-state index in [0.29, 0.717) is 11.6 Å². The van der Waals surface area contributed by atoms with Crippen LogP contribution in [0.3, 0.4) is 0 Å². The summed E-state index contributed by atoms with van der Waals surface area (Å²) in [5, 5.41) is 14.3. The van der Waals surface area contributed by atoms with Crippen molar-refractivity contribution in [3.63, 3.8) is 0 Å². The molecule has 0 bridgehead atoms. The van der Waals surface area contributed by atoms with Crippen LogP contribution in [0.15, 0.2) is 45.9 Å². The number of carbonyl (C=O) groups is 1. The van der Waals surface area contributed by atoms with Gasteiger partial charge in [-0.05, 0) is 18.2 Å². The Morgan fingerprint density at radius 2 is 1.95 bits per heavy atom. The summed E-state index contributed by atoms with van der Waals surface area (Å²) >= 11 is 0. The van der Waals surface area contributed by atoms with Crippen molar-refractivity contribution in [1.82, 2.24) is 5.43 Å². The molecule has 0 saturated carbocycles. The maximum Gasteiger partial charge on any atom is 0.271 e. The fourth-order valence-corrected chi connectivity index (χ4v) is 1.61. The second-order valence-electron chi connectivity index (χ2n) is 4.57. The number of nitrogens with one attached hydrogen (secondary N) is 1. The molecule has 1 amide bonds. The van der Waals surface area contributed by atoms with Crippen LogP contribution in [0.1, 0.15) is 16.1 Å². The normalized spacial score (nSPS) is 10.6. The van der Waals surface area contributed by atoms with Crippen molar-refractivity contribution < 1.29 is 14.1 Å². The van der Waals surface area contributed by atoms with E-state index < -0.39 is 10.8 Å². The van der Waals surface area contributed by atoms with E-state index in [9.17, 15) is 14.9 Å². The van der Waals surface area contributed by atoms with Gasteiger partial charge >= 0.3 is 0 Å². The van der Waals surface area contributed by atoms with E-state index in [-0.39, 0.29) is 11.3 Å². The van der Waals surface area contributed by atoms with E-state index >= 15 is 0 Å². The van der Waals surface area contributed by atoms with Gasteiger partial charge < -0.3 is 9.32 Å². The molecule has 0 saturated heterocycles. The Hall–Kier alpha value is -3.16. The van der Waals surface area contributed by atoms with E-state index in [1.54, 1.807) is 17.0 Å². The Labute approximate surface area is 126 Å². The van der Waals surface area contributed by atoms with Gasteiger partial charge in [0.1, 0.15) is 5.76 Å². The number of hydrazone groups is 1. The van der Waals surface area contributed by atoms with Crippen LogP contribution < -0.4 is 10.3 Å². The zero-order valence-electron chi connectivity index (χ0n) is 12.0. The van der Waals surface area contributed by atoms with E-state index in [1.807, 2.05) is 14.1 Å². The lowest BCUT2D eigenvalue weighted by molar-refractivity contribution is -0.384. The molecule has 0 aliphatic carbocycles. The number of hydrogen-bond acceptors (Lipinski definition) is 6. The zero-order chi connectivity index (χ0) is 16.1. The van der Waals surface area contributed by atoms with Crippen LogP contribution in [0.5, 0.6) is 0 Å². The Morgan fingerprint density at radius 3 is 2.50 bits per heavy atom. The van der Waals surface area contributed by atoms with Gasteiger partial charge in [0.15, 0.2) is 5.88 Å². The molecule has 1 aromatic carbocycles. The molecule has 1 N–H and O–H groups in total. The quantitative estimate of drug-likeness (QED) is 0.517. The van der Waals surface area contributed by atoms with Crippen LogP contribution in [-0.4, -0.2) is 31.1 Å². The maximum atomic E-state index is 11.8. The second-order valence-corrected chi connectivity index (χ2v) is 4.57. The number of amides is 1. The molecule has 2 rings (SSSR count). The predicted octanol–water partition coefficient (Wildman–Crippen LogP) is 2.02. The minimum absolute atomic E-state index is 0.0770. The summed E-state index contributed by atoms with van der Waals surface area (Å²) in [5.41, 5.74) is 2.52. The number of nitrogens with zero attached hydrogens (tertiary/aromatic N) is 3. The molecule has 2 aromatic rings. The molecule has 1 aromatic heterocycles. The Balaban J connectivity index is 1.96. The van der Waals surface area contributed by atoms with Gasteiger partial charge in [-0.25, -0.2) is 5.43 Å². The van der Waals surface area contributed by atoms with Gasteiger partial charge in [0.2, 0.25) is 0 Å². The van der Waals surface area contributed by atoms with E-state index in [2.05, 4.69) is 10.5 Å². The average molecular weight is 302 g/mol. The van der Waals surface area contributed by atoms with Gasteiger partial charge in [-0.1, -0.05) is 0 Å². The molecule has 0 radical (unpaired) electrons. The number of hydrogen-bond donors (Lipinski definition) is 1. The van der Waals surface area contributed by atoms with Gasteiger partial charge in [0, 0.05) is 37.9 Å². The molecule has 8 heteroatoms. The largest absolute Gasteiger partial charge is 0.440 e. The summed E-state index contributed by atoms with van der Waals surface area (Å²) in [5.74, 6) is 0.696. The first-order chi connectivity index (χ1) is 10.5. The SMILES string of the molecule is CN(C)c1ccc(/C=N\NC(=O)c2ccc([N+](=O)[O-])cc2)o1. The van der Waals surface area contributed by atoms with Gasteiger partial charge in [0.25, 0.3) is 11.6 Å². The monoisotopic (exact) mass is 302 g/mol. The van der Waals surface area contributed by atoms with Gasteiger partial charge in [-0.2, -0.15) is 5.10 Å². The molecular formula is C14H14N4O4. The highest BCUT2D eigenvalue weighted by atomic mass is 16.6. The minimum atomic E-state index is -0.529. The molecule has 0 aliphatic heterocycles. The van der Waals surface area contributed by atoms with E-state index in [4.69, 9.17) is 4.42 Å². The molecular weight excluding hydrogens is 288 g/mol. The summed E-state index contributed by atoms with van der Waals surface area (Å²) in [6, 6.07) is 8.74. The van der Waals surface area contributed by atoms with Crippen molar-refractivity contribution in [2.45, 2.75) is 0 Å². The molecule has 1 heterocycles. The Morgan fingerprint density at radius 1 is 1.27 bits per heavy atom. The summed E-state index contributed by atoms with van der Waals surface area (Å²) < 4.78 is 5.43. The summed E-state index contributed by atoms with van der Waals surface area (Å²) in [6.07, 6.45) is 1.37. The van der Waals surface area contributed by atoms with Crippen molar-refractivity contribution in [2.75, 3.05) is 19.0 Å². The molecule has 0 aliphatic rings. The highest BCUT2D eigenvalue weighted by Crippen LogP contribution is 2.14. The third kappa shape index (κ3) is 3.69. The Bertz CT molecular complexity index is 704. The van der Waals surface area contributed by atoms with Gasteiger partial charge in [0.05, 0.1) is 11.1 Å². The van der Waals surface area contributed by atoms with Crippen molar-refractivity contribution in [1.29, 1.82) is 0 Å². The van der Waals surface area contributed by atoms with Crippen LogP contribution in [0.25, 0.3) is 0 Å². The average Bonchev–Trinajstić information content (AvgIpc) is 2.96. The highest BCUT2D eigenvalue weighted by molar-refractivity contribution is 5.94. The summed E-state index contributed by atoms with van der Waals surface area (Å²) in [4.78, 5) is 23.6. The highest BCUT2D eigenvalue weighted by Gasteiger charge is 2.08. The van der Waals surface area contributed by atoms with Crippen LogP contribution in [0.4, 0.5) is 11.6 Å². The predicted molar refractivity (Wildman–Crippen MR) is 81.2 cm³/mol. The number of carbonyl (C=O) groups excluding carboxylic acids is 1. The van der Waals surface area contributed by atoms with Crippen LogP contribution in [0, 0.1) is 10.1 Å². The first-order valence-corrected chi connectivity index (χ1v) is 6.32. The third-order valence-corrected chi connectivity index (χ3v) is 2.75. The Kier molecular flexibility index (Phi) is 4.52. The number of nitro benzene ring substituents is 1. The molecule has 0 atom stereocenters. The number of benzene rings is 1. The minimum Gasteiger partial charge on any atom is -0.440 e. The molecule has 0 fully saturated rings. The summed E-state index contributed by atoms with van der Waals surface area (Å²) in [7, 11) is 3.69. The summed E-state index contributed by atoms with van der Waals surface area (Å²) in [6.45, 7) is 0. The van der Waals surface area contributed by atoms with Gasteiger partial charge in [-0.3, -0.25) is 14.9 Å². The maximum absolute atomic E-state index is 11.8. The van der Waals surface area contributed by atoms with Crippen LogP contribution >= 0.6 is 0 Å². The first kappa shape index (κ1) is 15.2. The number of non-ortho nitro benzene ring substituents is 1. The fraction of sp³-hybridized carbons (Fsp3) is 0.143. The number of furan rings is 1. The molecule has 8 nitrogen and oxygen atoms in total. The number of nitro groups is 1. The van der Waals surface area contributed by atoms with Crippen LogP contribution in [-0.2, 0) is 0 Å². The topological polar surface area (TPSA) is 101 Å². The second kappa shape index (κ2) is 6.53. The first-order valence-electron chi connectivity index (χ1n) is 6.32. The number of anilines is 1. The molecule has 114 valence electrons. The molecule has 0 unspecified atom stereocenters. The van der Waals surface area contributed by atoms with Crippen molar-refractivity contribution in [3.05, 3.63) is 57.8 Å². The lowest BCUT2D eigenvalue weighted by atomic mass is 10.2. The lowest BCUT2D eigenvalue weighted by Gasteiger charge is -2.05. The number of rotatable bonds is 5.